The van der Waals surface area contributed by atoms with Gasteiger partial charge in [-0.1, -0.05) is 19.1 Å². The highest BCUT2D eigenvalue weighted by atomic mass is 19.4. The SMILES string of the molecule is CCOc1ccc(CN(CC)CC(=O)Nc2cccc(C(F)(F)F)c2)cc1OC. The highest BCUT2D eigenvalue weighted by Gasteiger charge is 2.30. The fraction of sp³-hybridized carbons (Fsp3) is 0.381. The maximum Gasteiger partial charge on any atom is 0.416 e. The summed E-state index contributed by atoms with van der Waals surface area (Å²) in [6.07, 6.45) is -4.46. The first-order chi connectivity index (χ1) is 13.8. The number of carbonyl (C=O) groups is 1. The summed E-state index contributed by atoms with van der Waals surface area (Å²) in [7, 11) is 1.56. The highest BCUT2D eigenvalue weighted by Crippen LogP contribution is 2.31. The molecule has 2 aromatic carbocycles. The van der Waals surface area contributed by atoms with Gasteiger partial charge in [-0.3, -0.25) is 9.69 Å². The largest absolute Gasteiger partial charge is 0.493 e. The molecule has 2 rings (SSSR count). The number of anilines is 1. The number of hydrogen-bond donors (Lipinski definition) is 1. The summed E-state index contributed by atoms with van der Waals surface area (Å²) < 4.78 is 49.3. The number of nitrogens with zero attached hydrogens (tertiary/aromatic N) is 1. The second-order valence-electron chi connectivity index (χ2n) is 6.35. The van der Waals surface area contributed by atoms with Crippen LogP contribution in [0.2, 0.25) is 0 Å². The van der Waals surface area contributed by atoms with Crippen molar-refractivity contribution in [2.45, 2.75) is 26.6 Å². The maximum absolute atomic E-state index is 12.8. The zero-order valence-electron chi connectivity index (χ0n) is 16.7. The van der Waals surface area contributed by atoms with E-state index in [4.69, 9.17) is 9.47 Å². The van der Waals surface area contributed by atoms with E-state index < -0.39 is 11.7 Å². The minimum absolute atomic E-state index is 0.0439. The molecule has 2 aromatic rings. The Bertz CT molecular complexity index is 825. The molecule has 0 saturated carbocycles. The standard InChI is InChI=1S/C21H25F3N2O3/c1-4-26(13-15-9-10-18(29-5-2)19(11-15)28-3)14-20(27)25-17-8-6-7-16(12-17)21(22,23)24/h6-12H,4-5,13-14H2,1-3H3,(H,25,27). The molecule has 0 aliphatic heterocycles. The molecule has 158 valence electrons. The molecule has 0 atom stereocenters. The van der Waals surface area contributed by atoms with E-state index in [0.717, 1.165) is 17.7 Å². The molecular formula is C21H25F3N2O3. The molecular weight excluding hydrogens is 385 g/mol. The molecule has 0 saturated heterocycles. The van der Waals surface area contributed by atoms with E-state index >= 15 is 0 Å². The predicted octanol–water partition coefficient (Wildman–Crippen LogP) is 4.57. The Balaban J connectivity index is 2.02. The summed E-state index contributed by atoms with van der Waals surface area (Å²) in [6.45, 7) is 5.42. The summed E-state index contributed by atoms with van der Waals surface area (Å²) in [6, 6.07) is 10.1. The first kappa shape index (κ1) is 22.5. The minimum atomic E-state index is -4.46. The number of rotatable bonds is 9. The number of likely N-dealkylation sites (N-methyl/N-ethyl adjacent to an activating group) is 1. The number of benzene rings is 2. The number of halogens is 3. The summed E-state index contributed by atoms with van der Waals surface area (Å²) in [4.78, 5) is 14.2. The number of amides is 1. The van der Waals surface area contributed by atoms with Gasteiger partial charge in [-0.05, 0) is 49.4 Å². The summed E-state index contributed by atoms with van der Waals surface area (Å²) in [5.74, 6) is 0.863. The summed E-state index contributed by atoms with van der Waals surface area (Å²) in [5.41, 5.74) is 0.242. The van der Waals surface area contributed by atoms with Gasteiger partial charge in [0.05, 0.1) is 25.8 Å². The van der Waals surface area contributed by atoms with Crippen LogP contribution in [0.25, 0.3) is 0 Å². The lowest BCUT2D eigenvalue weighted by Crippen LogP contribution is -2.32. The molecule has 5 nitrogen and oxygen atoms in total. The van der Waals surface area contributed by atoms with Gasteiger partial charge in [0.15, 0.2) is 11.5 Å². The summed E-state index contributed by atoms with van der Waals surface area (Å²) in [5, 5.41) is 2.53. The van der Waals surface area contributed by atoms with E-state index in [1.54, 1.807) is 7.11 Å². The minimum Gasteiger partial charge on any atom is -0.493 e. The molecule has 0 unspecified atom stereocenters. The zero-order chi connectivity index (χ0) is 21.4. The van der Waals surface area contributed by atoms with Crippen LogP contribution in [0.3, 0.4) is 0 Å². The maximum atomic E-state index is 12.8. The first-order valence-electron chi connectivity index (χ1n) is 9.26. The number of methoxy groups -OCH3 is 1. The first-order valence-corrected chi connectivity index (χ1v) is 9.26. The fourth-order valence-corrected chi connectivity index (χ4v) is 2.80. The second-order valence-corrected chi connectivity index (χ2v) is 6.35. The van der Waals surface area contributed by atoms with Crippen LogP contribution in [0.1, 0.15) is 25.0 Å². The molecule has 0 fully saturated rings. The van der Waals surface area contributed by atoms with Crippen molar-refractivity contribution < 1.29 is 27.4 Å². The van der Waals surface area contributed by atoms with Crippen LogP contribution in [0.15, 0.2) is 42.5 Å². The van der Waals surface area contributed by atoms with Crippen molar-refractivity contribution in [3.8, 4) is 11.5 Å². The Kier molecular flexibility index (Phi) is 7.90. The molecule has 0 spiro atoms. The van der Waals surface area contributed by atoms with Gasteiger partial charge < -0.3 is 14.8 Å². The van der Waals surface area contributed by atoms with Gasteiger partial charge in [-0.15, -0.1) is 0 Å². The highest BCUT2D eigenvalue weighted by molar-refractivity contribution is 5.92. The zero-order valence-corrected chi connectivity index (χ0v) is 16.7. The van der Waals surface area contributed by atoms with Crippen LogP contribution < -0.4 is 14.8 Å². The Morgan fingerprint density at radius 3 is 2.48 bits per heavy atom. The van der Waals surface area contributed by atoms with Crippen molar-refractivity contribution in [3.05, 3.63) is 53.6 Å². The third kappa shape index (κ3) is 6.67. The van der Waals surface area contributed by atoms with Crippen LogP contribution in [0.5, 0.6) is 11.5 Å². The van der Waals surface area contributed by atoms with Crippen molar-refractivity contribution in [1.29, 1.82) is 0 Å². The van der Waals surface area contributed by atoms with Crippen LogP contribution >= 0.6 is 0 Å². The molecule has 0 heterocycles. The quantitative estimate of drug-likeness (QED) is 0.658. The fourth-order valence-electron chi connectivity index (χ4n) is 2.80. The molecule has 29 heavy (non-hydrogen) atoms. The third-order valence-corrected chi connectivity index (χ3v) is 4.22. The van der Waals surface area contributed by atoms with Crippen molar-refractivity contribution in [2.75, 3.05) is 32.1 Å². The lowest BCUT2D eigenvalue weighted by molar-refractivity contribution is -0.137. The number of hydrogen-bond acceptors (Lipinski definition) is 4. The monoisotopic (exact) mass is 410 g/mol. The van der Waals surface area contributed by atoms with Gasteiger partial charge in [0.2, 0.25) is 5.91 Å². The summed E-state index contributed by atoms with van der Waals surface area (Å²) >= 11 is 0. The Hall–Kier alpha value is -2.74. The molecule has 0 aliphatic carbocycles. The van der Waals surface area contributed by atoms with Crippen molar-refractivity contribution in [2.24, 2.45) is 0 Å². The lowest BCUT2D eigenvalue weighted by atomic mass is 10.2. The van der Waals surface area contributed by atoms with Crippen molar-refractivity contribution in [1.82, 2.24) is 4.90 Å². The Morgan fingerprint density at radius 1 is 1.10 bits per heavy atom. The van der Waals surface area contributed by atoms with Crippen LogP contribution in [0, 0.1) is 0 Å². The molecule has 8 heteroatoms. The van der Waals surface area contributed by atoms with E-state index in [1.165, 1.54) is 12.1 Å². The molecule has 0 aromatic heterocycles. The van der Waals surface area contributed by atoms with Crippen LogP contribution in [-0.4, -0.2) is 37.6 Å². The number of ether oxygens (including phenoxy) is 2. The molecule has 0 bridgehead atoms. The average molecular weight is 410 g/mol. The van der Waals surface area contributed by atoms with Gasteiger partial charge in [0, 0.05) is 12.2 Å². The predicted molar refractivity (Wildman–Crippen MR) is 105 cm³/mol. The van der Waals surface area contributed by atoms with E-state index in [-0.39, 0.29) is 18.1 Å². The number of carbonyl (C=O) groups excluding carboxylic acids is 1. The number of alkyl halides is 3. The van der Waals surface area contributed by atoms with Crippen molar-refractivity contribution in [3.63, 3.8) is 0 Å². The molecule has 1 N–H and O–H groups in total. The third-order valence-electron chi connectivity index (χ3n) is 4.22. The van der Waals surface area contributed by atoms with Crippen LogP contribution in [-0.2, 0) is 17.5 Å². The Labute approximate surface area is 168 Å². The smallest absolute Gasteiger partial charge is 0.416 e. The van der Waals surface area contributed by atoms with Gasteiger partial charge in [-0.2, -0.15) is 13.2 Å². The Morgan fingerprint density at radius 2 is 1.86 bits per heavy atom. The lowest BCUT2D eigenvalue weighted by Gasteiger charge is -2.21. The van der Waals surface area contributed by atoms with E-state index in [0.29, 0.717) is 31.2 Å². The van der Waals surface area contributed by atoms with E-state index in [1.807, 2.05) is 36.9 Å². The van der Waals surface area contributed by atoms with Crippen LogP contribution in [0.4, 0.5) is 18.9 Å². The number of nitrogens with one attached hydrogen (secondary N) is 1. The second kappa shape index (κ2) is 10.2. The van der Waals surface area contributed by atoms with Crippen molar-refractivity contribution >= 4 is 11.6 Å². The van der Waals surface area contributed by atoms with Gasteiger partial charge in [0.25, 0.3) is 0 Å². The van der Waals surface area contributed by atoms with E-state index in [9.17, 15) is 18.0 Å². The average Bonchev–Trinajstić information content (AvgIpc) is 2.68. The normalized spacial score (nSPS) is 11.4. The van der Waals surface area contributed by atoms with Gasteiger partial charge >= 0.3 is 6.18 Å². The molecule has 1 amide bonds. The van der Waals surface area contributed by atoms with E-state index in [2.05, 4.69) is 5.32 Å². The molecule has 0 aliphatic rings. The molecule has 0 radical (unpaired) electrons. The topological polar surface area (TPSA) is 50.8 Å². The van der Waals surface area contributed by atoms with Gasteiger partial charge in [0.1, 0.15) is 0 Å². The van der Waals surface area contributed by atoms with Gasteiger partial charge in [-0.25, -0.2) is 0 Å².